The normalized spacial score (nSPS) is 14.5. The van der Waals surface area contributed by atoms with Gasteiger partial charge in [-0.15, -0.1) is 0 Å². The molecule has 3 rings (SSSR count). The summed E-state index contributed by atoms with van der Waals surface area (Å²) in [4.78, 5) is 35.9. The van der Waals surface area contributed by atoms with Gasteiger partial charge < -0.3 is 20.5 Å². The topological polar surface area (TPSA) is 105 Å². The Kier molecular flexibility index (Phi) is 7.80. The molecular formula is C24H25F3N2O5. The molecule has 7 nitrogen and oxygen atoms in total. The largest absolute Gasteiger partial charge is 0.481 e. The van der Waals surface area contributed by atoms with Crippen molar-refractivity contribution >= 4 is 18.0 Å². The Bertz CT molecular complexity index is 1010. The fourth-order valence-corrected chi connectivity index (χ4v) is 4.03. The molecule has 0 aliphatic heterocycles. The first-order valence-electron chi connectivity index (χ1n) is 10.7. The minimum absolute atomic E-state index is 0.0378. The number of carboxylic acids is 1. The summed E-state index contributed by atoms with van der Waals surface area (Å²) in [5, 5.41) is 13.6. The molecule has 0 spiro atoms. The molecule has 0 heterocycles. The predicted molar refractivity (Wildman–Crippen MR) is 117 cm³/mol. The molecule has 1 aliphatic rings. The van der Waals surface area contributed by atoms with Gasteiger partial charge in [-0.3, -0.25) is 9.59 Å². The number of nitrogens with one attached hydrogen (secondary N) is 2. The highest BCUT2D eigenvalue weighted by Gasteiger charge is 2.32. The van der Waals surface area contributed by atoms with Crippen LogP contribution in [0.2, 0.25) is 0 Å². The van der Waals surface area contributed by atoms with E-state index in [2.05, 4.69) is 10.6 Å². The molecular weight excluding hydrogens is 453 g/mol. The van der Waals surface area contributed by atoms with Crippen molar-refractivity contribution in [2.45, 2.75) is 37.9 Å². The van der Waals surface area contributed by atoms with Crippen molar-refractivity contribution < 1.29 is 37.4 Å². The predicted octanol–water partition coefficient (Wildman–Crippen LogP) is 4.07. The Morgan fingerprint density at radius 3 is 2.12 bits per heavy atom. The summed E-state index contributed by atoms with van der Waals surface area (Å²) in [6.45, 7) is 0.948. The van der Waals surface area contributed by atoms with Gasteiger partial charge in [0.2, 0.25) is 5.91 Å². The van der Waals surface area contributed by atoms with E-state index in [9.17, 15) is 27.6 Å². The third-order valence-corrected chi connectivity index (χ3v) is 5.54. The van der Waals surface area contributed by atoms with Crippen molar-refractivity contribution in [1.29, 1.82) is 0 Å². The molecule has 0 bridgehead atoms. The summed E-state index contributed by atoms with van der Waals surface area (Å²) in [6.07, 6.45) is -7.23. The molecule has 3 N–H and O–H groups in total. The third-order valence-electron chi connectivity index (χ3n) is 5.54. The van der Waals surface area contributed by atoms with E-state index >= 15 is 0 Å². The number of alkyl carbamates (subject to hydrolysis) is 1. The number of carboxylic acid groups (broad SMARTS) is 1. The molecule has 0 saturated heterocycles. The molecule has 0 radical (unpaired) electrons. The quantitative estimate of drug-likeness (QED) is 0.504. The van der Waals surface area contributed by atoms with E-state index in [0.717, 1.165) is 22.3 Å². The van der Waals surface area contributed by atoms with Gasteiger partial charge in [0.05, 0.1) is 6.42 Å². The summed E-state index contributed by atoms with van der Waals surface area (Å²) in [6, 6.07) is 13.9. The van der Waals surface area contributed by atoms with E-state index in [1.165, 1.54) is 6.92 Å². The Labute approximate surface area is 194 Å². The van der Waals surface area contributed by atoms with Gasteiger partial charge in [0.15, 0.2) is 0 Å². The first kappa shape index (κ1) is 25.1. The Hall–Kier alpha value is -3.56. The highest BCUT2D eigenvalue weighted by molar-refractivity contribution is 5.89. The van der Waals surface area contributed by atoms with Crippen molar-refractivity contribution in [3.8, 4) is 11.1 Å². The van der Waals surface area contributed by atoms with Crippen LogP contribution in [0.15, 0.2) is 48.5 Å². The second-order valence-electron chi connectivity index (χ2n) is 8.29. The second-order valence-corrected chi connectivity index (χ2v) is 8.29. The molecule has 0 fully saturated rings. The first-order valence-corrected chi connectivity index (χ1v) is 10.7. The fourth-order valence-electron chi connectivity index (χ4n) is 4.03. The van der Waals surface area contributed by atoms with Crippen LogP contribution in [0.3, 0.4) is 0 Å². The maximum absolute atomic E-state index is 12.5. The highest BCUT2D eigenvalue weighted by atomic mass is 19.4. The van der Waals surface area contributed by atoms with E-state index in [4.69, 9.17) is 9.84 Å². The SMILES string of the molecule is CC(CNC(=O)C(CC(=O)O)NC(=O)OCC1c2ccccc2-c2ccccc21)CC(F)(F)F. The lowest BCUT2D eigenvalue weighted by Crippen LogP contribution is -2.49. The number of halogens is 3. The Balaban J connectivity index is 1.60. The van der Waals surface area contributed by atoms with Crippen LogP contribution in [-0.4, -0.2) is 48.4 Å². The number of hydrogen-bond acceptors (Lipinski definition) is 4. The minimum atomic E-state index is -4.38. The minimum Gasteiger partial charge on any atom is -0.481 e. The molecule has 10 heteroatoms. The molecule has 182 valence electrons. The molecule has 0 aromatic heterocycles. The number of fused-ring (bicyclic) bond motifs is 3. The number of benzene rings is 2. The van der Waals surface area contributed by atoms with Crippen LogP contribution in [-0.2, 0) is 14.3 Å². The van der Waals surface area contributed by atoms with E-state index in [1.807, 2.05) is 48.5 Å². The van der Waals surface area contributed by atoms with Crippen LogP contribution in [0.5, 0.6) is 0 Å². The van der Waals surface area contributed by atoms with Crippen molar-refractivity contribution in [3.63, 3.8) is 0 Å². The number of aliphatic carboxylic acids is 1. The van der Waals surface area contributed by atoms with E-state index in [1.54, 1.807) is 0 Å². The van der Waals surface area contributed by atoms with Gasteiger partial charge >= 0.3 is 18.2 Å². The van der Waals surface area contributed by atoms with Crippen molar-refractivity contribution in [1.82, 2.24) is 10.6 Å². The fraction of sp³-hybridized carbons (Fsp3) is 0.375. The average molecular weight is 478 g/mol. The van der Waals surface area contributed by atoms with E-state index < -0.39 is 48.9 Å². The summed E-state index contributed by atoms with van der Waals surface area (Å²) < 4.78 is 42.7. The van der Waals surface area contributed by atoms with Crippen LogP contribution < -0.4 is 10.6 Å². The lowest BCUT2D eigenvalue weighted by atomic mass is 9.98. The van der Waals surface area contributed by atoms with Crippen LogP contribution in [0.1, 0.15) is 36.8 Å². The summed E-state index contributed by atoms with van der Waals surface area (Å²) in [7, 11) is 0. The number of amides is 2. The van der Waals surface area contributed by atoms with Crippen LogP contribution in [0.25, 0.3) is 11.1 Å². The average Bonchev–Trinajstić information content (AvgIpc) is 3.08. The number of carbonyl (C=O) groups is 3. The highest BCUT2D eigenvalue weighted by Crippen LogP contribution is 2.44. The zero-order valence-electron chi connectivity index (χ0n) is 18.4. The molecule has 2 aromatic rings. The van der Waals surface area contributed by atoms with Crippen molar-refractivity contribution in [2.24, 2.45) is 5.92 Å². The van der Waals surface area contributed by atoms with Crippen LogP contribution >= 0.6 is 0 Å². The number of ether oxygens (including phenoxy) is 1. The lowest BCUT2D eigenvalue weighted by Gasteiger charge is -2.20. The van der Waals surface area contributed by atoms with Gasteiger partial charge in [0, 0.05) is 18.9 Å². The lowest BCUT2D eigenvalue weighted by molar-refractivity contribution is -0.144. The van der Waals surface area contributed by atoms with Crippen molar-refractivity contribution in [3.05, 3.63) is 59.7 Å². The second kappa shape index (κ2) is 10.6. The molecule has 2 unspecified atom stereocenters. The summed E-state index contributed by atoms with van der Waals surface area (Å²) in [5.41, 5.74) is 4.02. The number of alkyl halides is 3. The number of hydrogen-bond donors (Lipinski definition) is 3. The zero-order chi connectivity index (χ0) is 24.9. The van der Waals surface area contributed by atoms with Gasteiger partial charge in [-0.1, -0.05) is 55.5 Å². The van der Waals surface area contributed by atoms with E-state index in [-0.39, 0.29) is 19.1 Å². The number of rotatable bonds is 9. The monoisotopic (exact) mass is 478 g/mol. The third kappa shape index (κ3) is 6.49. The van der Waals surface area contributed by atoms with Crippen molar-refractivity contribution in [2.75, 3.05) is 13.2 Å². The van der Waals surface area contributed by atoms with Gasteiger partial charge in [-0.05, 0) is 28.2 Å². The molecule has 2 aromatic carbocycles. The molecule has 1 aliphatic carbocycles. The summed E-state index contributed by atoms with van der Waals surface area (Å²) >= 11 is 0. The van der Waals surface area contributed by atoms with Gasteiger partial charge in [0.1, 0.15) is 12.6 Å². The van der Waals surface area contributed by atoms with Crippen LogP contribution in [0, 0.1) is 5.92 Å². The maximum atomic E-state index is 12.5. The van der Waals surface area contributed by atoms with Gasteiger partial charge in [-0.2, -0.15) is 13.2 Å². The maximum Gasteiger partial charge on any atom is 0.407 e. The number of carbonyl (C=O) groups excluding carboxylic acids is 2. The van der Waals surface area contributed by atoms with Gasteiger partial charge in [0.25, 0.3) is 0 Å². The zero-order valence-corrected chi connectivity index (χ0v) is 18.4. The van der Waals surface area contributed by atoms with Crippen LogP contribution in [0.4, 0.5) is 18.0 Å². The van der Waals surface area contributed by atoms with E-state index in [0.29, 0.717) is 0 Å². The Morgan fingerprint density at radius 1 is 1.03 bits per heavy atom. The first-order chi connectivity index (χ1) is 16.0. The molecule has 2 amide bonds. The smallest absolute Gasteiger partial charge is 0.407 e. The molecule has 2 atom stereocenters. The molecule has 34 heavy (non-hydrogen) atoms. The molecule has 0 saturated carbocycles. The summed E-state index contributed by atoms with van der Waals surface area (Å²) in [5.74, 6) is -3.40. The Morgan fingerprint density at radius 2 is 1.59 bits per heavy atom. The van der Waals surface area contributed by atoms with Gasteiger partial charge in [-0.25, -0.2) is 4.79 Å². The standard InChI is InChI=1S/C24H25F3N2O5/c1-14(11-24(25,26)27)12-28-22(32)20(10-21(30)31)29-23(33)34-13-19-17-8-4-2-6-15(17)16-7-3-5-9-18(16)19/h2-9,14,19-20H,10-13H2,1H3,(H,28,32)(H,29,33)(H,30,31).